The number of amides is 2. The lowest BCUT2D eigenvalue weighted by atomic mass is 10.0. The van der Waals surface area contributed by atoms with Crippen molar-refractivity contribution in [3.63, 3.8) is 0 Å². The van der Waals surface area contributed by atoms with Crippen molar-refractivity contribution in [1.82, 2.24) is 20.0 Å². The fraction of sp³-hybridized carbons (Fsp3) is 0.233. The Balaban J connectivity index is 1.52. The van der Waals surface area contributed by atoms with E-state index >= 15 is 0 Å². The van der Waals surface area contributed by atoms with Gasteiger partial charge in [0.15, 0.2) is 0 Å². The highest BCUT2D eigenvalue weighted by Gasteiger charge is 2.22. The van der Waals surface area contributed by atoms with Crippen LogP contribution in [0.25, 0.3) is 11.3 Å². The smallest absolute Gasteiger partial charge is 0.409 e. The van der Waals surface area contributed by atoms with Gasteiger partial charge in [-0.05, 0) is 60.7 Å². The Labute approximate surface area is 259 Å². The number of halogens is 2. The molecule has 1 atom stereocenters. The van der Waals surface area contributed by atoms with Crippen molar-refractivity contribution in [1.29, 1.82) is 0 Å². The monoisotopic (exact) mass is 643 g/mol. The predicted octanol–water partition coefficient (Wildman–Crippen LogP) is 5.95. The van der Waals surface area contributed by atoms with Gasteiger partial charge in [-0.15, -0.1) is 0 Å². The van der Waals surface area contributed by atoms with E-state index in [2.05, 4.69) is 20.3 Å². The summed E-state index contributed by atoms with van der Waals surface area (Å²) in [5, 5.41) is 15.0. The molecule has 13 heteroatoms. The van der Waals surface area contributed by atoms with E-state index in [9.17, 15) is 18.0 Å². The van der Waals surface area contributed by atoms with Gasteiger partial charge in [0.05, 0.1) is 11.8 Å². The van der Waals surface area contributed by atoms with E-state index in [1.165, 1.54) is 0 Å². The quantitative estimate of drug-likeness (QED) is 0.121. The van der Waals surface area contributed by atoms with Gasteiger partial charge in [-0.2, -0.15) is 0 Å². The highest BCUT2D eigenvalue weighted by Crippen LogP contribution is 2.29. The minimum absolute atomic E-state index is 0.0348. The van der Waals surface area contributed by atoms with Crippen LogP contribution in [0.3, 0.4) is 0 Å². The first kappa shape index (κ1) is 32.0. The molecule has 0 aliphatic carbocycles. The Morgan fingerprint density at radius 1 is 1.00 bits per heavy atom. The van der Waals surface area contributed by atoms with Crippen LogP contribution in [-0.4, -0.2) is 41.2 Å². The number of carboxylic acid groups (broad SMARTS) is 1. The van der Waals surface area contributed by atoms with Gasteiger partial charge in [-0.1, -0.05) is 71.7 Å². The molecule has 4 rings (SSSR count). The molecule has 0 saturated carbocycles. The summed E-state index contributed by atoms with van der Waals surface area (Å²) >= 11 is 12.7. The van der Waals surface area contributed by atoms with Crippen molar-refractivity contribution in [2.45, 2.75) is 38.8 Å². The summed E-state index contributed by atoms with van der Waals surface area (Å²) in [6.45, 7) is 1.66. The number of benzene rings is 3. The molecule has 2 amide bonds. The second kappa shape index (κ2) is 14.5. The number of aryl methyl sites for hydroxylation is 1. The van der Waals surface area contributed by atoms with E-state index in [0.717, 1.165) is 16.7 Å². The van der Waals surface area contributed by atoms with E-state index in [1.807, 2.05) is 30.3 Å². The number of carbonyl (C=O) groups is 2. The van der Waals surface area contributed by atoms with Crippen molar-refractivity contribution in [2.24, 2.45) is 0 Å². The van der Waals surface area contributed by atoms with Crippen LogP contribution in [0, 0.1) is 0 Å². The molecule has 0 fully saturated rings. The molecule has 43 heavy (non-hydrogen) atoms. The molecule has 3 aromatic carbocycles. The van der Waals surface area contributed by atoms with E-state index in [0.29, 0.717) is 40.6 Å². The number of carbonyl (C=O) groups excluding carboxylic acids is 1. The first-order chi connectivity index (χ1) is 20.5. The fourth-order valence-electron chi connectivity index (χ4n) is 4.43. The lowest BCUT2D eigenvalue weighted by molar-refractivity contribution is -0.121. The predicted molar refractivity (Wildman–Crippen MR) is 168 cm³/mol. The first-order valence-electron chi connectivity index (χ1n) is 13.5. The van der Waals surface area contributed by atoms with Crippen LogP contribution in [0.4, 0.5) is 10.5 Å². The molecule has 10 nitrogen and oxygen atoms in total. The molecule has 0 spiro atoms. The van der Waals surface area contributed by atoms with Gasteiger partial charge in [0, 0.05) is 29.2 Å². The first-order valence-corrected chi connectivity index (χ1v) is 15.9. The molecule has 4 aromatic rings. The van der Waals surface area contributed by atoms with Gasteiger partial charge in [-0.3, -0.25) is 10.1 Å². The van der Waals surface area contributed by atoms with Gasteiger partial charge in [-0.25, -0.2) is 22.9 Å². The van der Waals surface area contributed by atoms with E-state index in [-0.39, 0.29) is 29.8 Å². The van der Waals surface area contributed by atoms with Crippen molar-refractivity contribution < 1.29 is 23.1 Å². The van der Waals surface area contributed by atoms with Crippen LogP contribution >= 0.6 is 23.2 Å². The molecule has 1 heterocycles. The van der Waals surface area contributed by atoms with Gasteiger partial charge >= 0.3 is 6.09 Å². The third kappa shape index (κ3) is 9.29. The van der Waals surface area contributed by atoms with Gasteiger partial charge < -0.3 is 15.4 Å². The van der Waals surface area contributed by atoms with Crippen molar-refractivity contribution in [3.8, 4) is 11.3 Å². The number of aromatic nitrogens is 2. The zero-order valence-corrected chi connectivity index (χ0v) is 25.6. The Morgan fingerprint density at radius 3 is 2.40 bits per heavy atom. The maximum absolute atomic E-state index is 13.3. The lowest BCUT2D eigenvalue weighted by Gasteiger charge is -2.18. The van der Waals surface area contributed by atoms with Crippen LogP contribution in [-0.2, 0) is 34.2 Å². The Kier molecular flexibility index (Phi) is 10.8. The third-order valence-corrected chi connectivity index (χ3v) is 8.54. The number of hydrogen-bond acceptors (Lipinski definition) is 5. The number of H-pyrrole nitrogens is 1. The molecule has 0 aliphatic heterocycles. The van der Waals surface area contributed by atoms with Crippen LogP contribution < -0.4 is 15.4 Å². The van der Waals surface area contributed by atoms with E-state index in [4.69, 9.17) is 33.3 Å². The summed E-state index contributed by atoms with van der Waals surface area (Å²) < 4.78 is 26.5. The summed E-state index contributed by atoms with van der Waals surface area (Å²) in [5.74, 6) is 0.189. The van der Waals surface area contributed by atoms with Crippen LogP contribution in [0.5, 0.6) is 0 Å². The zero-order valence-electron chi connectivity index (χ0n) is 23.2. The second-order valence-electron chi connectivity index (χ2n) is 9.74. The largest absolute Gasteiger partial charge is 0.465 e. The van der Waals surface area contributed by atoms with Crippen molar-refractivity contribution >= 4 is 50.9 Å². The molecule has 0 unspecified atom stereocenters. The van der Waals surface area contributed by atoms with E-state index < -0.39 is 22.2 Å². The number of anilines is 1. The van der Waals surface area contributed by atoms with Crippen LogP contribution in [0.15, 0.2) is 72.8 Å². The fourth-order valence-corrected chi connectivity index (χ4v) is 5.45. The molecular weight excluding hydrogens is 613 g/mol. The summed E-state index contributed by atoms with van der Waals surface area (Å²) in [6.07, 6.45) is -0.258. The number of nitrogens with zero attached hydrogens (tertiary/aromatic N) is 1. The number of sulfonamides is 1. The van der Waals surface area contributed by atoms with E-state index in [1.54, 1.807) is 49.4 Å². The van der Waals surface area contributed by atoms with Gasteiger partial charge in [0.1, 0.15) is 16.7 Å². The number of rotatable bonds is 13. The van der Waals surface area contributed by atoms with Crippen molar-refractivity contribution in [2.75, 3.05) is 11.1 Å². The van der Waals surface area contributed by atoms with Crippen LogP contribution in [0.1, 0.15) is 41.9 Å². The molecule has 0 saturated heterocycles. The molecule has 5 N–H and O–H groups in total. The third-order valence-electron chi connectivity index (χ3n) is 6.69. The maximum atomic E-state index is 13.3. The Hall–Kier alpha value is -3.90. The summed E-state index contributed by atoms with van der Waals surface area (Å²) in [4.78, 5) is 32.0. The number of imidazole rings is 1. The minimum Gasteiger partial charge on any atom is -0.465 e. The van der Waals surface area contributed by atoms with Crippen molar-refractivity contribution in [3.05, 3.63) is 105 Å². The minimum atomic E-state index is -3.39. The molecular formula is C30H31Cl2N5O5S. The number of hydrogen-bond donors (Lipinski definition) is 5. The number of nitrogens with one attached hydrogen (secondary N) is 4. The summed E-state index contributed by atoms with van der Waals surface area (Å²) in [5.41, 5.74) is 4.02. The van der Waals surface area contributed by atoms with Gasteiger partial charge in [0.25, 0.3) is 0 Å². The molecule has 0 bridgehead atoms. The molecule has 0 aliphatic rings. The molecule has 1 aromatic heterocycles. The Bertz CT molecular complexity index is 1680. The maximum Gasteiger partial charge on any atom is 0.409 e. The molecule has 226 valence electrons. The summed E-state index contributed by atoms with van der Waals surface area (Å²) in [6, 6.07) is 20.9. The Morgan fingerprint density at radius 2 is 1.72 bits per heavy atom. The summed E-state index contributed by atoms with van der Waals surface area (Å²) in [7, 11) is -3.39. The standard InChI is InChI=1S/C30H31Cl2N5O5S/c1-2-43(41,42)33-18-22-8-12-23(31)17-21(22)11-15-26(38)35-25(16-19-6-4-3-5-7-19)29-36-27(28(32)37-29)20-9-13-24(14-10-20)34-30(39)40/h3-10,12-14,17,25,33-34H,2,11,15-16,18H2,1H3,(H,35,38)(H,36,37)(H,39,40)/t25-/m0/s1. The average molecular weight is 645 g/mol. The number of aromatic amines is 1. The van der Waals surface area contributed by atoms with Gasteiger partial charge in [0.2, 0.25) is 15.9 Å². The topological polar surface area (TPSA) is 153 Å². The van der Waals surface area contributed by atoms with Crippen LogP contribution in [0.2, 0.25) is 10.2 Å². The highest BCUT2D eigenvalue weighted by atomic mass is 35.5. The highest BCUT2D eigenvalue weighted by molar-refractivity contribution is 7.89. The lowest BCUT2D eigenvalue weighted by Crippen LogP contribution is -2.31. The SMILES string of the molecule is CCS(=O)(=O)NCc1ccc(Cl)cc1CCC(=O)N[C@@H](Cc1ccccc1)c1nc(-c2ccc(NC(=O)O)cc2)c(Cl)[nH]1. The second-order valence-corrected chi connectivity index (χ2v) is 12.6. The zero-order chi connectivity index (χ0) is 31.0. The normalized spacial score (nSPS) is 12.1. The average Bonchev–Trinajstić information content (AvgIpc) is 3.37. The molecule has 0 radical (unpaired) electrons.